The number of ether oxygens (including phenoxy) is 2. The normalized spacial score (nSPS) is 34.0. The van der Waals surface area contributed by atoms with Crippen LogP contribution >= 0.6 is 0 Å². The van der Waals surface area contributed by atoms with Crippen molar-refractivity contribution in [3.63, 3.8) is 0 Å². The molecule has 2 aromatic carbocycles. The first-order valence-corrected chi connectivity index (χ1v) is 12.8. The largest absolute Gasteiger partial charge is 0.469 e. The lowest BCUT2D eigenvalue weighted by Gasteiger charge is -2.62. The van der Waals surface area contributed by atoms with Crippen molar-refractivity contribution >= 4 is 11.9 Å². The van der Waals surface area contributed by atoms with E-state index in [4.69, 9.17) is 9.47 Å². The van der Waals surface area contributed by atoms with Crippen LogP contribution in [0.4, 0.5) is 0 Å². The van der Waals surface area contributed by atoms with E-state index in [0.29, 0.717) is 0 Å². The van der Waals surface area contributed by atoms with E-state index < -0.39 is 11.8 Å². The maximum absolute atomic E-state index is 13.0. The highest BCUT2D eigenvalue weighted by molar-refractivity contribution is 5.85. The second kappa shape index (κ2) is 8.62. The third kappa shape index (κ3) is 3.06. The van der Waals surface area contributed by atoms with Gasteiger partial charge in [-0.15, -0.1) is 0 Å². The number of benzene rings is 2. The average Bonchev–Trinajstić information content (AvgIpc) is 2.90. The Hall–Kier alpha value is -3.40. The van der Waals surface area contributed by atoms with Gasteiger partial charge in [0, 0.05) is 11.8 Å². The smallest absolute Gasteiger partial charge is 0.310 e. The molecule has 184 valence electrons. The molecule has 5 aliphatic rings. The number of fused-ring (bicyclic) bond motifs is 2. The van der Waals surface area contributed by atoms with Crippen molar-refractivity contribution in [1.29, 1.82) is 0 Å². The monoisotopic (exact) mass is 480 g/mol. The van der Waals surface area contributed by atoms with E-state index in [1.54, 1.807) is 0 Å². The maximum Gasteiger partial charge on any atom is 0.310 e. The van der Waals surface area contributed by atoms with Gasteiger partial charge in [0.1, 0.15) is 0 Å². The summed E-state index contributed by atoms with van der Waals surface area (Å²) >= 11 is 0. The second-order valence-electron chi connectivity index (χ2n) is 10.7. The first kappa shape index (κ1) is 23.0. The molecule has 2 fully saturated rings. The van der Waals surface area contributed by atoms with Gasteiger partial charge in [-0.1, -0.05) is 84.0 Å². The molecule has 0 spiro atoms. The third-order valence-corrected chi connectivity index (χ3v) is 9.32. The summed E-state index contributed by atoms with van der Waals surface area (Å²) in [7, 11) is 2.83. The summed E-state index contributed by atoms with van der Waals surface area (Å²) in [5, 5.41) is 0. The summed E-state index contributed by atoms with van der Waals surface area (Å²) in [6, 6.07) is 21.5. The topological polar surface area (TPSA) is 52.6 Å². The van der Waals surface area contributed by atoms with Crippen molar-refractivity contribution in [1.82, 2.24) is 0 Å². The highest BCUT2D eigenvalue weighted by Gasteiger charge is 2.65. The van der Waals surface area contributed by atoms with E-state index in [-0.39, 0.29) is 47.4 Å². The number of methoxy groups -OCH3 is 2. The summed E-state index contributed by atoms with van der Waals surface area (Å²) in [4.78, 5) is 26.0. The number of rotatable bonds is 4. The minimum atomic E-state index is -0.511. The standard InChI is InChI=1S/C32H32O4/c1-17-23(19-11-7-5-8-12-19)24(20-13-9-6-10-14-20)18(2)26-25(17)27-21-15-16-22(28(26)27)30(32(34)36-4)29(21)31(33)35-3/h5-16,21-24,27-30H,1-4H3/t21-,22+,23-,24-,27-,28-,29+,30-/m1/s1. The van der Waals surface area contributed by atoms with Crippen LogP contribution in [0, 0.1) is 35.5 Å². The molecule has 0 N–H and O–H groups in total. The van der Waals surface area contributed by atoms with Crippen LogP contribution in [0.25, 0.3) is 0 Å². The summed E-state index contributed by atoms with van der Waals surface area (Å²) in [5.74, 6) is -0.884. The number of esters is 2. The second-order valence-corrected chi connectivity index (χ2v) is 10.7. The quantitative estimate of drug-likeness (QED) is 0.407. The van der Waals surface area contributed by atoms with E-state index in [1.165, 1.54) is 47.6 Å². The van der Waals surface area contributed by atoms with Crippen molar-refractivity contribution in [2.45, 2.75) is 25.7 Å². The van der Waals surface area contributed by atoms with Crippen LogP contribution in [0.3, 0.4) is 0 Å². The van der Waals surface area contributed by atoms with Gasteiger partial charge in [-0.05, 0) is 59.8 Å². The molecule has 0 saturated heterocycles. The lowest BCUT2D eigenvalue weighted by Crippen LogP contribution is -2.60. The first-order valence-electron chi connectivity index (χ1n) is 12.8. The molecule has 8 atom stereocenters. The lowest BCUT2D eigenvalue weighted by atomic mass is 9.40. The van der Waals surface area contributed by atoms with E-state index in [0.717, 1.165) is 0 Å². The van der Waals surface area contributed by atoms with Crippen LogP contribution in [0.2, 0.25) is 0 Å². The van der Waals surface area contributed by atoms with Gasteiger partial charge in [0.15, 0.2) is 0 Å². The molecule has 2 aromatic rings. The van der Waals surface area contributed by atoms with Crippen LogP contribution in [-0.2, 0) is 19.1 Å². The molecule has 7 rings (SSSR count). The van der Waals surface area contributed by atoms with E-state index >= 15 is 0 Å². The predicted molar refractivity (Wildman–Crippen MR) is 138 cm³/mol. The van der Waals surface area contributed by atoms with Crippen LogP contribution < -0.4 is 0 Å². The van der Waals surface area contributed by atoms with Gasteiger partial charge in [-0.2, -0.15) is 0 Å². The molecule has 0 unspecified atom stereocenters. The van der Waals surface area contributed by atoms with E-state index in [9.17, 15) is 9.59 Å². The Labute approximate surface area is 212 Å². The number of carbonyl (C=O) groups excluding carboxylic acids is 2. The Morgan fingerprint density at radius 2 is 0.972 bits per heavy atom. The molecule has 4 heteroatoms. The van der Waals surface area contributed by atoms with Crippen molar-refractivity contribution in [2.24, 2.45) is 35.5 Å². The lowest BCUT2D eigenvalue weighted by molar-refractivity contribution is -0.169. The Morgan fingerprint density at radius 1 is 0.611 bits per heavy atom. The average molecular weight is 481 g/mol. The van der Waals surface area contributed by atoms with Gasteiger partial charge in [0.2, 0.25) is 0 Å². The summed E-state index contributed by atoms with van der Waals surface area (Å²) < 4.78 is 10.4. The van der Waals surface area contributed by atoms with Crippen molar-refractivity contribution < 1.29 is 19.1 Å². The molecule has 0 aliphatic heterocycles. The van der Waals surface area contributed by atoms with Gasteiger partial charge in [0.05, 0.1) is 26.1 Å². The van der Waals surface area contributed by atoms with Crippen molar-refractivity contribution in [3.8, 4) is 0 Å². The molecular formula is C32H32O4. The molecule has 0 radical (unpaired) electrons. The molecule has 0 aromatic heterocycles. The van der Waals surface area contributed by atoms with Crippen molar-refractivity contribution in [2.75, 3.05) is 14.2 Å². The SMILES string of the molecule is COC(=O)[C@@H]1[C@H]2C=C[C@@H]([C@@H]1C(=O)OC)[C@@H]1C3=C(C)[C@H](c4ccccc4)[C@@H](c4ccccc4)C(C)=C3[C@@H]21. The number of carbonyl (C=O) groups is 2. The minimum absolute atomic E-state index is 0.0669. The Morgan fingerprint density at radius 3 is 1.31 bits per heavy atom. The third-order valence-electron chi connectivity index (χ3n) is 9.32. The molecule has 0 amide bonds. The molecule has 0 heterocycles. The molecule has 36 heavy (non-hydrogen) atoms. The fourth-order valence-corrected chi connectivity index (χ4v) is 8.02. The molecule has 2 bridgehead atoms. The van der Waals surface area contributed by atoms with Crippen molar-refractivity contribution in [3.05, 3.63) is 106 Å². The number of hydrogen-bond acceptors (Lipinski definition) is 4. The van der Waals surface area contributed by atoms with Gasteiger partial charge >= 0.3 is 11.9 Å². The Bertz CT molecular complexity index is 1200. The number of allylic oxidation sites excluding steroid dienone is 6. The van der Waals surface area contributed by atoms with Gasteiger partial charge in [0.25, 0.3) is 0 Å². The van der Waals surface area contributed by atoms with Gasteiger partial charge < -0.3 is 9.47 Å². The predicted octanol–water partition coefficient (Wildman–Crippen LogP) is 5.84. The minimum Gasteiger partial charge on any atom is -0.469 e. The van der Waals surface area contributed by atoms with Crippen LogP contribution in [0.15, 0.2) is 95.1 Å². The van der Waals surface area contributed by atoms with Gasteiger partial charge in [-0.25, -0.2) is 0 Å². The zero-order chi connectivity index (χ0) is 25.1. The molecule has 4 nitrogen and oxygen atoms in total. The highest BCUT2D eigenvalue weighted by Crippen LogP contribution is 2.69. The summed E-state index contributed by atoms with van der Waals surface area (Å²) in [6.07, 6.45) is 4.33. The summed E-state index contributed by atoms with van der Waals surface area (Å²) in [6.45, 7) is 4.56. The van der Waals surface area contributed by atoms with Crippen LogP contribution in [0.1, 0.15) is 36.8 Å². The van der Waals surface area contributed by atoms with E-state index in [1.807, 2.05) is 0 Å². The van der Waals surface area contributed by atoms with Crippen LogP contribution in [0.5, 0.6) is 0 Å². The number of hydrogen-bond donors (Lipinski definition) is 0. The Balaban J connectivity index is 1.53. The first-order chi connectivity index (χ1) is 17.5. The zero-order valence-electron chi connectivity index (χ0n) is 21.2. The van der Waals surface area contributed by atoms with Crippen LogP contribution in [-0.4, -0.2) is 26.2 Å². The molecule has 5 aliphatic carbocycles. The molecule has 2 saturated carbocycles. The van der Waals surface area contributed by atoms with Gasteiger partial charge in [-0.3, -0.25) is 9.59 Å². The Kier molecular flexibility index (Phi) is 5.51. The zero-order valence-corrected chi connectivity index (χ0v) is 21.2. The maximum atomic E-state index is 13.0. The highest BCUT2D eigenvalue weighted by atomic mass is 16.5. The molecular weight excluding hydrogens is 448 g/mol. The van der Waals surface area contributed by atoms with E-state index in [2.05, 4.69) is 86.7 Å². The fraction of sp³-hybridized carbons (Fsp3) is 0.375. The fourth-order valence-electron chi connectivity index (χ4n) is 8.02. The summed E-state index contributed by atoms with van der Waals surface area (Å²) in [5.41, 5.74) is 8.19.